The maximum absolute atomic E-state index is 11.0. The van der Waals surface area contributed by atoms with Gasteiger partial charge in [-0.25, -0.2) is 9.78 Å². The molecule has 1 heterocycles. The Labute approximate surface area is 128 Å². The Morgan fingerprint density at radius 1 is 1.45 bits per heavy atom. The summed E-state index contributed by atoms with van der Waals surface area (Å²) in [6.45, 7) is 2.54. The van der Waals surface area contributed by atoms with Crippen LogP contribution in [0.5, 0.6) is 11.5 Å². The number of carboxylic acid groups (broad SMARTS) is 1. The van der Waals surface area contributed by atoms with Gasteiger partial charge in [-0.1, -0.05) is 0 Å². The molecule has 0 saturated heterocycles. The molecule has 0 atom stereocenters. The van der Waals surface area contributed by atoms with Crippen molar-refractivity contribution in [1.29, 1.82) is 0 Å². The van der Waals surface area contributed by atoms with E-state index in [1.807, 2.05) is 12.3 Å². The minimum Gasteiger partial charge on any atom is -0.490 e. The third-order valence-electron chi connectivity index (χ3n) is 2.40. The first-order valence-corrected chi connectivity index (χ1v) is 7.55. The molecule has 5 nitrogen and oxygen atoms in total. The van der Waals surface area contributed by atoms with Crippen LogP contribution in [0, 0.1) is 0 Å². The molecule has 0 spiro atoms. The van der Waals surface area contributed by atoms with Gasteiger partial charge in [0.1, 0.15) is 6.61 Å². The second-order valence-corrected chi connectivity index (χ2v) is 5.36. The number of ether oxygens (including phenoxy) is 2. The van der Waals surface area contributed by atoms with E-state index in [9.17, 15) is 4.79 Å². The highest BCUT2D eigenvalue weighted by molar-refractivity contribution is 9.10. The summed E-state index contributed by atoms with van der Waals surface area (Å²) in [5.74, 6) is -0.142. The number of hydrogen-bond donors (Lipinski definition) is 1. The van der Waals surface area contributed by atoms with Gasteiger partial charge in [-0.3, -0.25) is 0 Å². The Morgan fingerprint density at radius 3 is 2.85 bits per heavy atom. The van der Waals surface area contributed by atoms with E-state index in [0.29, 0.717) is 29.2 Å². The smallest absolute Gasteiger partial charge is 0.335 e. The van der Waals surface area contributed by atoms with Gasteiger partial charge in [0.15, 0.2) is 11.5 Å². The molecule has 106 valence electrons. The van der Waals surface area contributed by atoms with E-state index in [1.54, 1.807) is 5.51 Å². The van der Waals surface area contributed by atoms with Crippen LogP contribution in [0.15, 0.2) is 27.5 Å². The Kier molecular flexibility index (Phi) is 4.97. The zero-order chi connectivity index (χ0) is 14.5. The van der Waals surface area contributed by atoms with Crippen molar-refractivity contribution in [3.05, 3.63) is 38.8 Å². The summed E-state index contributed by atoms with van der Waals surface area (Å²) >= 11 is 4.80. The number of nitrogens with zero attached hydrogens (tertiary/aromatic N) is 1. The van der Waals surface area contributed by atoms with Crippen molar-refractivity contribution in [2.24, 2.45) is 0 Å². The maximum Gasteiger partial charge on any atom is 0.335 e. The summed E-state index contributed by atoms with van der Waals surface area (Å²) in [7, 11) is 0. The van der Waals surface area contributed by atoms with E-state index in [1.165, 1.54) is 23.5 Å². The molecule has 0 fully saturated rings. The fourth-order valence-electron chi connectivity index (χ4n) is 1.55. The van der Waals surface area contributed by atoms with Crippen LogP contribution < -0.4 is 9.47 Å². The molecule has 0 bridgehead atoms. The summed E-state index contributed by atoms with van der Waals surface area (Å²) < 4.78 is 11.7. The molecule has 1 aromatic heterocycles. The van der Waals surface area contributed by atoms with E-state index < -0.39 is 5.97 Å². The Morgan fingerprint density at radius 2 is 2.25 bits per heavy atom. The fraction of sp³-hybridized carbons (Fsp3) is 0.231. The summed E-state index contributed by atoms with van der Waals surface area (Å²) in [4.78, 5) is 15.2. The van der Waals surface area contributed by atoms with Gasteiger partial charge in [0.05, 0.1) is 27.8 Å². The lowest BCUT2D eigenvalue weighted by atomic mass is 10.2. The molecule has 1 aromatic carbocycles. The van der Waals surface area contributed by atoms with Crippen molar-refractivity contribution in [3.63, 3.8) is 0 Å². The van der Waals surface area contributed by atoms with Gasteiger partial charge in [0, 0.05) is 5.38 Å². The van der Waals surface area contributed by atoms with Crippen molar-refractivity contribution in [1.82, 2.24) is 4.98 Å². The number of halogens is 1. The SMILES string of the molecule is CCOc1cc(C(=O)O)cc(Br)c1OCc1cscn1. The van der Waals surface area contributed by atoms with Crippen molar-refractivity contribution < 1.29 is 19.4 Å². The molecule has 2 rings (SSSR count). The molecule has 0 aliphatic rings. The Bertz CT molecular complexity index is 601. The molecule has 0 saturated carbocycles. The number of rotatable bonds is 6. The van der Waals surface area contributed by atoms with E-state index >= 15 is 0 Å². The first kappa shape index (κ1) is 14.8. The quantitative estimate of drug-likeness (QED) is 0.855. The molecule has 7 heteroatoms. The highest BCUT2D eigenvalue weighted by atomic mass is 79.9. The lowest BCUT2D eigenvalue weighted by molar-refractivity contribution is 0.0696. The second kappa shape index (κ2) is 6.71. The van der Waals surface area contributed by atoms with Crippen molar-refractivity contribution in [2.45, 2.75) is 13.5 Å². The zero-order valence-corrected chi connectivity index (χ0v) is 13.0. The second-order valence-electron chi connectivity index (χ2n) is 3.79. The van der Waals surface area contributed by atoms with Crippen molar-refractivity contribution in [3.8, 4) is 11.5 Å². The summed E-state index contributed by atoms with van der Waals surface area (Å²) in [5, 5.41) is 10.9. The topological polar surface area (TPSA) is 68.7 Å². The highest BCUT2D eigenvalue weighted by Crippen LogP contribution is 2.37. The van der Waals surface area contributed by atoms with Crippen LogP contribution in [0.3, 0.4) is 0 Å². The lowest BCUT2D eigenvalue weighted by Crippen LogP contribution is -2.03. The number of aromatic carboxylic acids is 1. The Hall–Kier alpha value is -1.60. The van der Waals surface area contributed by atoms with Crippen LogP contribution in [0.25, 0.3) is 0 Å². The normalized spacial score (nSPS) is 10.3. The number of carbonyl (C=O) groups is 1. The average molecular weight is 358 g/mol. The maximum atomic E-state index is 11.0. The third kappa shape index (κ3) is 3.49. The molecule has 0 aliphatic heterocycles. The van der Waals surface area contributed by atoms with Crippen LogP contribution in [-0.2, 0) is 6.61 Å². The van der Waals surface area contributed by atoms with Crippen molar-refractivity contribution >= 4 is 33.2 Å². The van der Waals surface area contributed by atoms with E-state index in [0.717, 1.165) is 5.69 Å². The molecular formula is C13H12BrNO4S. The minimum atomic E-state index is -1.02. The van der Waals surface area contributed by atoms with E-state index in [-0.39, 0.29) is 5.56 Å². The molecule has 1 N–H and O–H groups in total. The van der Waals surface area contributed by atoms with Gasteiger partial charge >= 0.3 is 5.97 Å². The van der Waals surface area contributed by atoms with Crippen LogP contribution in [0.2, 0.25) is 0 Å². The van der Waals surface area contributed by atoms with E-state index in [2.05, 4.69) is 20.9 Å². The van der Waals surface area contributed by atoms with E-state index in [4.69, 9.17) is 14.6 Å². The summed E-state index contributed by atoms with van der Waals surface area (Å²) in [6, 6.07) is 2.94. The average Bonchev–Trinajstić information content (AvgIpc) is 2.91. The van der Waals surface area contributed by atoms with Crippen LogP contribution in [0.4, 0.5) is 0 Å². The third-order valence-corrected chi connectivity index (χ3v) is 3.63. The van der Waals surface area contributed by atoms with Gasteiger partial charge in [-0.2, -0.15) is 0 Å². The number of hydrogen-bond acceptors (Lipinski definition) is 5. The molecular weight excluding hydrogens is 346 g/mol. The standard InChI is InChI=1S/C13H12BrNO4S/c1-2-18-11-4-8(13(16)17)3-10(14)12(11)19-5-9-6-20-7-15-9/h3-4,6-7H,2,5H2,1H3,(H,16,17). The predicted octanol–water partition coefficient (Wildman–Crippen LogP) is 3.58. The first-order chi connectivity index (χ1) is 9.61. The van der Waals surface area contributed by atoms with Gasteiger partial charge in [0.2, 0.25) is 0 Å². The molecule has 0 aliphatic carbocycles. The summed E-state index contributed by atoms with van der Waals surface area (Å²) in [5.41, 5.74) is 2.68. The fourth-order valence-corrected chi connectivity index (χ4v) is 2.65. The summed E-state index contributed by atoms with van der Waals surface area (Å²) in [6.07, 6.45) is 0. The number of carboxylic acids is 1. The highest BCUT2D eigenvalue weighted by Gasteiger charge is 2.15. The van der Waals surface area contributed by atoms with Crippen LogP contribution in [-0.4, -0.2) is 22.7 Å². The monoisotopic (exact) mass is 357 g/mol. The minimum absolute atomic E-state index is 0.140. The van der Waals surface area contributed by atoms with Gasteiger partial charge < -0.3 is 14.6 Å². The number of thiazole rings is 1. The Balaban J connectivity index is 2.27. The molecule has 0 unspecified atom stereocenters. The number of benzene rings is 1. The predicted molar refractivity (Wildman–Crippen MR) is 78.7 cm³/mol. The van der Waals surface area contributed by atoms with Crippen LogP contribution >= 0.6 is 27.3 Å². The molecule has 2 aromatic rings. The van der Waals surface area contributed by atoms with Gasteiger partial charge in [-0.05, 0) is 35.0 Å². The van der Waals surface area contributed by atoms with Crippen LogP contribution in [0.1, 0.15) is 23.0 Å². The van der Waals surface area contributed by atoms with Crippen molar-refractivity contribution in [2.75, 3.05) is 6.61 Å². The first-order valence-electron chi connectivity index (χ1n) is 5.81. The zero-order valence-electron chi connectivity index (χ0n) is 10.6. The largest absolute Gasteiger partial charge is 0.490 e. The molecule has 20 heavy (non-hydrogen) atoms. The number of aromatic nitrogens is 1. The molecule has 0 radical (unpaired) electrons. The molecule has 0 amide bonds. The lowest BCUT2D eigenvalue weighted by Gasteiger charge is -2.13. The van der Waals surface area contributed by atoms with Gasteiger partial charge in [0.25, 0.3) is 0 Å². The van der Waals surface area contributed by atoms with Gasteiger partial charge in [-0.15, -0.1) is 11.3 Å².